The Balaban J connectivity index is 1.87. The molecule has 0 saturated carbocycles. The van der Waals surface area contributed by atoms with Crippen molar-refractivity contribution < 1.29 is 5.11 Å². The second kappa shape index (κ2) is 7.21. The van der Waals surface area contributed by atoms with E-state index in [1.54, 1.807) is 0 Å². The van der Waals surface area contributed by atoms with Crippen molar-refractivity contribution in [2.45, 2.75) is 64.1 Å². The lowest BCUT2D eigenvalue weighted by Gasteiger charge is -2.47. The van der Waals surface area contributed by atoms with Crippen LogP contribution in [0.2, 0.25) is 0 Å². The average Bonchev–Trinajstić information content (AvgIpc) is 2.47. The van der Waals surface area contributed by atoms with Gasteiger partial charge in [-0.2, -0.15) is 0 Å². The Bertz CT molecular complexity index is 299. The van der Waals surface area contributed by atoms with E-state index in [1.807, 2.05) is 0 Å². The minimum atomic E-state index is -0.141. The average molecular weight is 283 g/mol. The molecule has 0 spiro atoms. The maximum Gasteiger partial charge on any atom is 0.0611 e. The first-order valence-corrected chi connectivity index (χ1v) is 8.42. The smallest absolute Gasteiger partial charge is 0.0611 e. The number of fused-ring (bicyclic) bond motifs is 1. The lowest BCUT2D eigenvalue weighted by Crippen LogP contribution is -2.58. The molecule has 0 amide bonds. The van der Waals surface area contributed by atoms with Gasteiger partial charge in [0.25, 0.3) is 0 Å². The molecular formula is C16H33N3O. The van der Waals surface area contributed by atoms with Crippen LogP contribution in [0.5, 0.6) is 0 Å². The first-order chi connectivity index (χ1) is 9.58. The van der Waals surface area contributed by atoms with E-state index >= 15 is 0 Å². The van der Waals surface area contributed by atoms with Gasteiger partial charge in [0.05, 0.1) is 6.61 Å². The molecule has 2 aliphatic heterocycles. The Hall–Kier alpha value is -0.160. The molecule has 2 saturated heterocycles. The Labute approximate surface area is 124 Å². The number of hydrogen-bond donors (Lipinski definition) is 2. The highest BCUT2D eigenvalue weighted by atomic mass is 16.3. The number of rotatable bonds is 6. The third-order valence-corrected chi connectivity index (χ3v) is 5.19. The second-order valence-electron chi connectivity index (χ2n) is 6.98. The number of likely N-dealkylation sites (N-methyl/N-ethyl adjacent to an activating group) is 1. The van der Waals surface area contributed by atoms with Crippen molar-refractivity contribution in [3.8, 4) is 0 Å². The number of nitrogens with one attached hydrogen (secondary N) is 1. The SMILES string of the molecule is CCNC(C)(CO)CC(C)N1CCN2CCCCC2C1. The van der Waals surface area contributed by atoms with E-state index in [4.69, 9.17) is 0 Å². The van der Waals surface area contributed by atoms with Crippen LogP contribution in [0, 0.1) is 0 Å². The topological polar surface area (TPSA) is 38.7 Å². The number of piperidine rings is 1. The minimum Gasteiger partial charge on any atom is -0.394 e. The third-order valence-electron chi connectivity index (χ3n) is 5.19. The molecule has 118 valence electrons. The van der Waals surface area contributed by atoms with Crippen LogP contribution in [0.15, 0.2) is 0 Å². The molecule has 0 aromatic heterocycles. The maximum atomic E-state index is 9.66. The predicted molar refractivity (Wildman–Crippen MR) is 84.0 cm³/mol. The number of aliphatic hydroxyl groups excluding tert-OH is 1. The van der Waals surface area contributed by atoms with Crippen LogP contribution in [-0.4, -0.2) is 71.9 Å². The summed E-state index contributed by atoms with van der Waals surface area (Å²) in [5.74, 6) is 0. The molecule has 0 aromatic carbocycles. The van der Waals surface area contributed by atoms with Gasteiger partial charge in [0.1, 0.15) is 0 Å². The summed E-state index contributed by atoms with van der Waals surface area (Å²) in [6, 6.07) is 1.31. The van der Waals surface area contributed by atoms with Crippen LogP contribution in [0.25, 0.3) is 0 Å². The Morgan fingerprint density at radius 2 is 2.10 bits per heavy atom. The van der Waals surface area contributed by atoms with Gasteiger partial charge in [-0.25, -0.2) is 0 Å². The van der Waals surface area contributed by atoms with Crippen LogP contribution < -0.4 is 5.32 Å². The van der Waals surface area contributed by atoms with E-state index in [0.717, 1.165) is 19.0 Å². The van der Waals surface area contributed by atoms with E-state index in [1.165, 1.54) is 45.4 Å². The summed E-state index contributed by atoms with van der Waals surface area (Å²) in [4.78, 5) is 5.32. The van der Waals surface area contributed by atoms with Gasteiger partial charge in [-0.3, -0.25) is 9.80 Å². The largest absolute Gasteiger partial charge is 0.394 e. The fraction of sp³-hybridized carbons (Fsp3) is 1.00. The molecule has 2 heterocycles. The van der Waals surface area contributed by atoms with Gasteiger partial charge in [0.15, 0.2) is 0 Å². The molecule has 2 fully saturated rings. The zero-order valence-corrected chi connectivity index (χ0v) is 13.6. The van der Waals surface area contributed by atoms with Crippen molar-refractivity contribution in [1.29, 1.82) is 0 Å². The van der Waals surface area contributed by atoms with E-state index in [-0.39, 0.29) is 12.1 Å². The summed E-state index contributed by atoms with van der Waals surface area (Å²) in [5.41, 5.74) is -0.141. The van der Waals surface area contributed by atoms with Crippen molar-refractivity contribution in [2.75, 3.05) is 39.3 Å². The highest BCUT2D eigenvalue weighted by molar-refractivity contribution is 4.91. The predicted octanol–water partition coefficient (Wildman–Crippen LogP) is 1.30. The molecule has 2 rings (SSSR count). The van der Waals surface area contributed by atoms with Gasteiger partial charge in [0.2, 0.25) is 0 Å². The standard InChI is InChI=1S/C16H33N3O/c1-4-17-16(3,13-20)11-14(2)19-10-9-18-8-6-5-7-15(18)12-19/h14-15,17,20H,4-13H2,1-3H3. The molecule has 2 aliphatic rings. The summed E-state index contributed by atoms with van der Waals surface area (Å²) < 4.78 is 0. The van der Waals surface area contributed by atoms with Crippen LogP contribution in [0.3, 0.4) is 0 Å². The summed E-state index contributed by atoms with van der Waals surface area (Å²) in [7, 11) is 0. The number of piperazine rings is 1. The molecule has 0 bridgehead atoms. The highest BCUT2D eigenvalue weighted by Gasteiger charge is 2.33. The molecule has 3 atom stereocenters. The zero-order valence-electron chi connectivity index (χ0n) is 13.6. The molecule has 3 unspecified atom stereocenters. The fourth-order valence-corrected chi connectivity index (χ4v) is 3.98. The summed E-state index contributed by atoms with van der Waals surface area (Å²) >= 11 is 0. The summed E-state index contributed by atoms with van der Waals surface area (Å²) in [6.45, 7) is 12.6. The molecule has 4 heteroatoms. The second-order valence-corrected chi connectivity index (χ2v) is 6.98. The van der Waals surface area contributed by atoms with Crippen LogP contribution >= 0.6 is 0 Å². The van der Waals surface area contributed by atoms with Crippen molar-refractivity contribution in [3.05, 3.63) is 0 Å². The monoisotopic (exact) mass is 283 g/mol. The number of hydrogen-bond acceptors (Lipinski definition) is 4. The van der Waals surface area contributed by atoms with Gasteiger partial charge in [-0.15, -0.1) is 0 Å². The van der Waals surface area contributed by atoms with E-state index in [2.05, 4.69) is 35.9 Å². The lowest BCUT2D eigenvalue weighted by atomic mass is 9.92. The Morgan fingerprint density at radius 1 is 1.30 bits per heavy atom. The molecule has 0 aliphatic carbocycles. The molecule has 2 N–H and O–H groups in total. The first-order valence-electron chi connectivity index (χ1n) is 8.42. The Morgan fingerprint density at radius 3 is 2.80 bits per heavy atom. The minimum absolute atomic E-state index is 0.141. The van der Waals surface area contributed by atoms with Crippen LogP contribution in [0.4, 0.5) is 0 Å². The van der Waals surface area contributed by atoms with Crippen molar-refractivity contribution in [2.24, 2.45) is 0 Å². The Kier molecular flexibility index (Phi) is 5.84. The van der Waals surface area contributed by atoms with E-state index in [0.29, 0.717) is 6.04 Å². The fourth-order valence-electron chi connectivity index (χ4n) is 3.98. The maximum absolute atomic E-state index is 9.66. The number of nitrogens with zero attached hydrogens (tertiary/aromatic N) is 2. The van der Waals surface area contributed by atoms with Gasteiger partial charge in [-0.05, 0) is 46.2 Å². The van der Waals surface area contributed by atoms with Gasteiger partial charge < -0.3 is 10.4 Å². The zero-order chi connectivity index (χ0) is 14.6. The van der Waals surface area contributed by atoms with Gasteiger partial charge in [0, 0.05) is 37.3 Å². The molecule has 4 nitrogen and oxygen atoms in total. The first kappa shape index (κ1) is 16.2. The lowest BCUT2D eigenvalue weighted by molar-refractivity contribution is 0.0191. The molecule has 0 radical (unpaired) electrons. The summed E-state index contributed by atoms with van der Waals surface area (Å²) in [6.07, 6.45) is 5.17. The van der Waals surface area contributed by atoms with Crippen LogP contribution in [-0.2, 0) is 0 Å². The van der Waals surface area contributed by atoms with Crippen molar-refractivity contribution in [3.63, 3.8) is 0 Å². The molecule has 20 heavy (non-hydrogen) atoms. The van der Waals surface area contributed by atoms with Crippen molar-refractivity contribution >= 4 is 0 Å². The van der Waals surface area contributed by atoms with E-state index in [9.17, 15) is 5.11 Å². The number of aliphatic hydroxyl groups is 1. The quantitative estimate of drug-likeness (QED) is 0.771. The molecule has 0 aromatic rings. The van der Waals surface area contributed by atoms with Gasteiger partial charge in [-0.1, -0.05) is 13.3 Å². The van der Waals surface area contributed by atoms with Gasteiger partial charge >= 0.3 is 0 Å². The normalized spacial score (nSPS) is 29.7. The summed E-state index contributed by atoms with van der Waals surface area (Å²) in [5, 5.41) is 13.1. The molecular weight excluding hydrogens is 250 g/mol. The van der Waals surface area contributed by atoms with Crippen LogP contribution in [0.1, 0.15) is 46.5 Å². The third kappa shape index (κ3) is 3.94. The highest BCUT2D eigenvalue weighted by Crippen LogP contribution is 2.24. The van der Waals surface area contributed by atoms with Crippen molar-refractivity contribution in [1.82, 2.24) is 15.1 Å². The van der Waals surface area contributed by atoms with E-state index < -0.39 is 0 Å².